The molecule has 0 saturated carbocycles. The molecule has 1 unspecified atom stereocenters. The van der Waals surface area contributed by atoms with Crippen LogP contribution in [0.3, 0.4) is 0 Å². The summed E-state index contributed by atoms with van der Waals surface area (Å²) < 4.78 is 10.5. The zero-order chi connectivity index (χ0) is 17.4. The van der Waals surface area contributed by atoms with Gasteiger partial charge in [-0.3, -0.25) is 4.79 Å². The number of rotatable bonds is 2. The Labute approximate surface area is 137 Å². The molecule has 0 bridgehead atoms. The van der Waals surface area contributed by atoms with Crippen molar-refractivity contribution in [1.29, 1.82) is 0 Å². The average Bonchev–Trinajstić information content (AvgIpc) is 2.49. The molecule has 0 radical (unpaired) electrons. The molecular weight excluding hydrogens is 316 g/mol. The van der Waals surface area contributed by atoms with Crippen molar-refractivity contribution in [2.24, 2.45) is 0 Å². The minimum atomic E-state index is -0.966. The standard InChI is InChI=1S/C17H16O7/c1-8(18)23-15-3-2-9(4-13(15)21)17-14(22)7-11-12(20)5-10(19)6-16(11)24-17/h2-6,14,17,19-22H,7H2,1H3/t14-,17?/m1/s1. The number of carbonyl (C=O) groups excluding carboxylic acids is 1. The Morgan fingerprint density at radius 2 is 1.92 bits per heavy atom. The van der Waals surface area contributed by atoms with Crippen LogP contribution in [0.4, 0.5) is 0 Å². The van der Waals surface area contributed by atoms with E-state index in [2.05, 4.69) is 0 Å². The van der Waals surface area contributed by atoms with Gasteiger partial charge >= 0.3 is 5.97 Å². The molecule has 4 N–H and O–H groups in total. The number of benzene rings is 2. The molecule has 3 rings (SSSR count). The Bertz CT molecular complexity index is 800. The minimum absolute atomic E-state index is 0.00670. The largest absolute Gasteiger partial charge is 0.508 e. The second kappa shape index (κ2) is 5.93. The Hall–Kier alpha value is -2.93. The summed E-state index contributed by atoms with van der Waals surface area (Å²) in [5, 5.41) is 39.7. The van der Waals surface area contributed by atoms with Crippen molar-refractivity contribution < 1.29 is 34.7 Å². The third-order valence-corrected chi connectivity index (χ3v) is 3.75. The van der Waals surface area contributed by atoms with Crippen LogP contribution in [0.1, 0.15) is 24.2 Å². The van der Waals surface area contributed by atoms with Crippen LogP contribution in [0.5, 0.6) is 28.7 Å². The third kappa shape index (κ3) is 2.93. The number of phenols is 3. The summed E-state index contributed by atoms with van der Waals surface area (Å²) in [7, 11) is 0. The van der Waals surface area contributed by atoms with Crippen LogP contribution in [0.2, 0.25) is 0 Å². The smallest absolute Gasteiger partial charge is 0.308 e. The predicted molar refractivity (Wildman–Crippen MR) is 82.3 cm³/mol. The van der Waals surface area contributed by atoms with Crippen LogP contribution < -0.4 is 9.47 Å². The second-order valence-electron chi connectivity index (χ2n) is 5.57. The van der Waals surface area contributed by atoms with Gasteiger partial charge in [0.15, 0.2) is 11.5 Å². The van der Waals surface area contributed by atoms with Gasteiger partial charge in [-0.05, 0) is 17.7 Å². The maximum atomic E-state index is 11.0. The van der Waals surface area contributed by atoms with Crippen molar-refractivity contribution in [2.75, 3.05) is 0 Å². The van der Waals surface area contributed by atoms with Crippen LogP contribution >= 0.6 is 0 Å². The van der Waals surface area contributed by atoms with Gasteiger partial charge in [0.05, 0.1) is 6.10 Å². The summed E-state index contributed by atoms with van der Waals surface area (Å²) in [6, 6.07) is 6.81. The highest BCUT2D eigenvalue weighted by Crippen LogP contribution is 2.42. The molecule has 0 saturated heterocycles. The zero-order valence-corrected chi connectivity index (χ0v) is 12.8. The van der Waals surface area contributed by atoms with E-state index < -0.39 is 18.2 Å². The van der Waals surface area contributed by atoms with Gasteiger partial charge in [-0.15, -0.1) is 0 Å². The van der Waals surface area contributed by atoms with Gasteiger partial charge in [-0.2, -0.15) is 0 Å². The molecule has 1 aliphatic heterocycles. The highest BCUT2D eigenvalue weighted by molar-refractivity contribution is 5.70. The van der Waals surface area contributed by atoms with E-state index in [0.717, 1.165) is 0 Å². The molecule has 1 heterocycles. The van der Waals surface area contributed by atoms with Crippen molar-refractivity contribution in [3.05, 3.63) is 41.5 Å². The molecule has 0 spiro atoms. The Kier molecular flexibility index (Phi) is 3.94. The first-order valence-electron chi connectivity index (χ1n) is 7.26. The van der Waals surface area contributed by atoms with E-state index in [0.29, 0.717) is 11.1 Å². The van der Waals surface area contributed by atoms with Gasteiger partial charge in [0.2, 0.25) is 0 Å². The molecule has 126 valence electrons. The van der Waals surface area contributed by atoms with Crippen LogP contribution in [-0.2, 0) is 11.2 Å². The van der Waals surface area contributed by atoms with Crippen molar-refractivity contribution in [1.82, 2.24) is 0 Å². The molecule has 2 atom stereocenters. The van der Waals surface area contributed by atoms with E-state index in [9.17, 15) is 25.2 Å². The van der Waals surface area contributed by atoms with E-state index >= 15 is 0 Å². The number of esters is 1. The van der Waals surface area contributed by atoms with E-state index in [1.165, 1.54) is 31.2 Å². The lowest BCUT2D eigenvalue weighted by Gasteiger charge is -2.31. The fourth-order valence-electron chi connectivity index (χ4n) is 2.70. The minimum Gasteiger partial charge on any atom is -0.508 e. The van der Waals surface area contributed by atoms with E-state index in [-0.39, 0.29) is 35.2 Å². The summed E-state index contributed by atoms with van der Waals surface area (Å²) in [5.74, 6) is -0.876. The molecule has 0 aliphatic carbocycles. The summed E-state index contributed by atoms with van der Waals surface area (Å²) in [6.07, 6.45) is -1.65. The number of phenolic OH excluding ortho intramolecular Hbond substituents is 3. The number of hydrogen-bond acceptors (Lipinski definition) is 7. The van der Waals surface area contributed by atoms with Gasteiger partial charge in [0.1, 0.15) is 23.4 Å². The van der Waals surface area contributed by atoms with Crippen molar-refractivity contribution in [3.63, 3.8) is 0 Å². The third-order valence-electron chi connectivity index (χ3n) is 3.75. The molecule has 0 fully saturated rings. The maximum absolute atomic E-state index is 11.0. The summed E-state index contributed by atoms with van der Waals surface area (Å²) in [4.78, 5) is 11.0. The van der Waals surface area contributed by atoms with E-state index in [4.69, 9.17) is 9.47 Å². The lowest BCUT2D eigenvalue weighted by atomic mass is 9.94. The Balaban J connectivity index is 1.92. The van der Waals surface area contributed by atoms with Crippen molar-refractivity contribution >= 4 is 5.97 Å². The number of carbonyl (C=O) groups is 1. The van der Waals surface area contributed by atoms with Gasteiger partial charge in [-0.1, -0.05) is 6.07 Å². The fourth-order valence-corrected chi connectivity index (χ4v) is 2.70. The zero-order valence-electron chi connectivity index (χ0n) is 12.8. The van der Waals surface area contributed by atoms with E-state index in [1.807, 2.05) is 0 Å². The number of aliphatic hydroxyl groups is 1. The highest BCUT2D eigenvalue weighted by Gasteiger charge is 2.32. The topological polar surface area (TPSA) is 116 Å². The van der Waals surface area contributed by atoms with Gasteiger partial charge < -0.3 is 29.9 Å². The molecule has 0 aromatic heterocycles. The van der Waals surface area contributed by atoms with Crippen LogP contribution in [0, 0.1) is 0 Å². The Morgan fingerprint density at radius 3 is 2.58 bits per heavy atom. The molecule has 24 heavy (non-hydrogen) atoms. The molecule has 7 heteroatoms. The number of fused-ring (bicyclic) bond motifs is 1. The molecule has 1 aliphatic rings. The monoisotopic (exact) mass is 332 g/mol. The van der Waals surface area contributed by atoms with Gasteiger partial charge in [0.25, 0.3) is 0 Å². The summed E-state index contributed by atoms with van der Waals surface area (Å²) in [5.41, 5.74) is 0.863. The van der Waals surface area contributed by atoms with Gasteiger partial charge in [-0.25, -0.2) is 0 Å². The van der Waals surface area contributed by atoms with E-state index in [1.54, 1.807) is 6.07 Å². The first-order valence-corrected chi connectivity index (χ1v) is 7.26. The SMILES string of the molecule is CC(=O)Oc1ccc(C2Oc3cc(O)cc(O)c3C[C@H]2O)cc1O. The average molecular weight is 332 g/mol. The first-order chi connectivity index (χ1) is 11.3. The highest BCUT2D eigenvalue weighted by atomic mass is 16.5. The van der Waals surface area contributed by atoms with Gasteiger partial charge in [0, 0.05) is 31.0 Å². The summed E-state index contributed by atoms with van der Waals surface area (Å²) >= 11 is 0. The van der Waals surface area contributed by atoms with Crippen LogP contribution in [0.25, 0.3) is 0 Å². The lowest BCUT2D eigenvalue weighted by molar-refractivity contribution is -0.132. The molecule has 2 aromatic carbocycles. The predicted octanol–water partition coefficient (Wildman–Crippen LogP) is 1.77. The first kappa shape index (κ1) is 15.9. The number of aliphatic hydroxyl groups excluding tert-OH is 1. The molecule has 0 amide bonds. The second-order valence-corrected chi connectivity index (χ2v) is 5.57. The quantitative estimate of drug-likeness (QED) is 0.489. The lowest BCUT2D eigenvalue weighted by Crippen LogP contribution is -2.30. The Morgan fingerprint density at radius 1 is 1.17 bits per heavy atom. The normalized spacial score (nSPS) is 19.2. The molecule has 2 aromatic rings. The maximum Gasteiger partial charge on any atom is 0.308 e. The fraction of sp³-hybridized carbons (Fsp3) is 0.235. The van der Waals surface area contributed by atoms with Crippen LogP contribution in [-0.4, -0.2) is 32.5 Å². The summed E-state index contributed by atoms with van der Waals surface area (Å²) in [6.45, 7) is 1.22. The number of ether oxygens (including phenoxy) is 2. The molecular formula is C17H16O7. The van der Waals surface area contributed by atoms with Crippen LogP contribution in [0.15, 0.2) is 30.3 Å². The van der Waals surface area contributed by atoms with Crippen molar-refractivity contribution in [2.45, 2.75) is 25.6 Å². The molecule has 7 nitrogen and oxygen atoms in total. The van der Waals surface area contributed by atoms with Crippen molar-refractivity contribution in [3.8, 4) is 28.7 Å². The number of hydrogen-bond donors (Lipinski definition) is 4. The number of aromatic hydroxyl groups is 3.